The van der Waals surface area contributed by atoms with Gasteiger partial charge in [0.05, 0.1) is 6.54 Å². The molecule has 62 valence electrons. The SMILES string of the molecule is CC[NH2+]C(=CC(C)=N)C(=O)O. The number of allylic oxidation sites excluding steroid dienone is 1. The second-order valence-corrected chi connectivity index (χ2v) is 2.20. The van der Waals surface area contributed by atoms with Gasteiger partial charge in [-0.3, -0.25) is 0 Å². The molecule has 4 nitrogen and oxygen atoms in total. The van der Waals surface area contributed by atoms with Gasteiger partial charge in [-0.15, -0.1) is 0 Å². The zero-order valence-corrected chi connectivity index (χ0v) is 6.72. The van der Waals surface area contributed by atoms with E-state index in [-0.39, 0.29) is 11.4 Å². The highest BCUT2D eigenvalue weighted by Gasteiger charge is 2.09. The molecule has 0 fully saturated rings. The van der Waals surface area contributed by atoms with E-state index in [1.165, 1.54) is 6.08 Å². The summed E-state index contributed by atoms with van der Waals surface area (Å²) in [6, 6.07) is 0. The molecule has 0 aliphatic heterocycles. The lowest BCUT2D eigenvalue weighted by atomic mass is 10.3. The van der Waals surface area contributed by atoms with E-state index in [9.17, 15) is 4.79 Å². The smallest absolute Gasteiger partial charge is 0.390 e. The van der Waals surface area contributed by atoms with Crippen molar-refractivity contribution >= 4 is 11.7 Å². The number of hydrogen-bond donors (Lipinski definition) is 3. The highest BCUT2D eigenvalue weighted by molar-refractivity contribution is 5.97. The Hall–Kier alpha value is -1.16. The van der Waals surface area contributed by atoms with Crippen LogP contribution in [0.5, 0.6) is 0 Å². The summed E-state index contributed by atoms with van der Waals surface area (Å²) in [5.74, 6) is -0.974. The third-order valence-electron chi connectivity index (χ3n) is 1.04. The zero-order valence-electron chi connectivity index (χ0n) is 6.72. The normalized spacial score (nSPS) is 11.3. The zero-order chi connectivity index (χ0) is 8.85. The number of rotatable bonds is 4. The third kappa shape index (κ3) is 4.27. The lowest BCUT2D eigenvalue weighted by molar-refractivity contribution is -0.597. The molecule has 0 atom stereocenters. The molecule has 0 radical (unpaired) electrons. The van der Waals surface area contributed by atoms with Gasteiger partial charge in [-0.05, 0) is 13.8 Å². The topological polar surface area (TPSA) is 77.8 Å². The van der Waals surface area contributed by atoms with E-state index in [0.717, 1.165) is 0 Å². The third-order valence-corrected chi connectivity index (χ3v) is 1.04. The molecule has 0 aliphatic carbocycles. The predicted molar refractivity (Wildman–Crippen MR) is 41.6 cm³/mol. The second-order valence-electron chi connectivity index (χ2n) is 2.20. The van der Waals surface area contributed by atoms with Crippen molar-refractivity contribution < 1.29 is 15.2 Å². The Kier molecular flexibility index (Phi) is 4.14. The van der Waals surface area contributed by atoms with Crippen LogP contribution in [0.2, 0.25) is 0 Å². The van der Waals surface area contributed by atoms with Crippen LogP contribution in [0.25, 0.3) is 0 Å². The highest BCUT2D eigenvalue weighted by atomic mass is 16.4. The summed E-state index contributed by atoms with van der Waals surface area (Å²) in [4.78, 5) is 10.4. The number of aliphatic carboxylic acids is 1. The molecule has 0 bridgehead atoms. The van der Waals surface area contributed by atoms with Gasteiger partial charge in [0.25, 0.3) is 0 Å². The van der Waals surface area contributed by atoms with Crippen LogP contribution in [0, 0.1) is 5.41 Å². The van der Waals surface area contributed by atoms with E-state index in [1.54, 1.807) is 12.2 Å². The van der Waals surface area contributed by atoms with Crippen molar-refractivity contribution in [2.24, 2.45) is 0 Å². The molecular weight excluding hydrogens is 144 g/mol. The molecule has 0 aromatic heterocycles. The Balaban J connectivity index is 4.32. The maximum atomic E-state index is 10.4. The van der Waals surface area contributed by atoms with E-state index in [4.69, 9.17) is 10.5 Å². The van der Waals surface area contributed by atoms with Gasteiger partial charge in [-0.25, -0.2) is 4.79 Å². The number of nitrogens with one attached hydrogen (secondary N) is 1. The van der Waals surface area contributed by atoms with E-state index in [1.807, 2.05) is 6.92 Å². The Bertz CT molecular complexity index is 197. The number of hydrogen-bond acceptors (Lipinski definition) is 2. The standard InChI is InChI=1S/C7H12N2O2/c1-3-9-6(7(10)11)4-5(2)8/h4,8-9H,3H2,1-2H3,(H,10,11)/p+1. The van der Waals surface area contributed by atoms with Crippen LogP contribution in [0.1, 0.15) is 13.8 Å². The minimum Gasteiger partial charge on any atom is -0.474 e. The van der Waals surface area contributed by atoms with Crippen molar-refractivity contribution in [2.45, 2.75) is 13.8 Å². The molecule has 0 aliphatic rings. The van der Waals surface area contributed by atoms with E-state index < -0.39 is 5.97 Å². The first-order valence-electron chi connectivity index (χ1n) is 3.41. The first-order valence-corrected chi connectivity index (χ1v) is 3.41. The van der Waals surface area contributed by atoms with Crippen LogP contribution in [-0.2, 0) is 4.79 Å². The summed E-state index contributed by atoms with van der Waals surface area (Å²) in [7, 11) is 0. The molecule has 4 N–H and O–H groups in total. The number of likely N-dealkylation sites (N-methyl/N-ethyl adjacent to an activating group) is 1. The summed E-state index contributed by atoms with van der Waals surface area (Å²) < 4.78 is 0. The molecule has 0 aromatic rings. The largest absolute Gasteiger partial charge is 0.474 e. The number of nitrogens with two attached hydrogens (primary N) is 1. The average Bonchev–Trinajstić information content (AvgIpc) is 1.86. The quantitative estimate of drug-likeness (QED) is 0.383. The second kappa shape index (κ2) is 4.62. The Morgan fingerprint density at radius 3 is 2.55 bits per heavy atom. The lowest BCUT2D eigenvalue weighted by Crippen LogP contribution is -2.83. The molecule has 4 heteroatoms. The predicted octanol–water partition coefficient (Wildman–Crippen LogP) is -0.422. The van der Waals surface area contributed by atoms with Crippen molar-refractivity contribution in [3.8, 4) is 0 Å². The fraction of sp³-hybridized carbons (Fsp3) is 0.429. The molecule has 0 rings (SSSR count). The summed E-state index contributed by atoms with van der Waals surface area (Å²) in [5.41, 5.74) is 0.451. The van der Waals surface area contributed by atoms with Gasteiger partial charge in [-0.1, -0.05) is 0 Å². The van der Waals surface area contributed by atoms with Crippen molar-refractivity contribution in [2.75, 3.05) is 6.54 Å². The molecule has 0 aromatic carbocycles. The van der Waals surface area contributed by atoms with Crippen LogP contribution in [0.15, 0.2) is 11.8 Å². The fourth-order valence-corrected chi connectivity index (χ4v) is 0.661. The first-order chi connectivity index (χ1) is 5.07. The number of carboxylic acid groups (broad SMARTS) is 1. The first kappa shape index (κ1) is 9.84. The number of carbonyl (C=O) groups is 1. The van der Waals surface area contributed by atoms with Gasteiger partial charge >= 0.3 is 5.97 Å². The van der Waals surface area contributed by atoms with Crippen molar-refractivity contribution in [3.05, 3.63) is 11.8 Å². The number of carboxylic acids is 1. The summed E-state index contributed by atoms with van der Waals surface area (Å²) in [6.07, 6.45) is 1.34. The van der Waals surface area contributed by atoms with E-state index >= 15 is 0 Å². The van der Waals surface area contributed by atoms with Crippen LogP contribution in [-0.4, -0.2) is 23.3 Å². The van der Waals surface area contributed by atoms with Crippen LogP contribution < -0.4 is 5.32 Å². The summed E-state index contributed by atoms with van der Waals surface area (Å²) in [6.45, 7) is 4.08. The van der Waals surface area contributed by atoms with E-state index in [0.29, 0.717) is 6.54 Å². The monoisotopic (exact) mass is 157 g/mol. The maximum absolute atomic E-state index is 10.4. The van der Waals surface area contributed by atoms with Crippen LogP contribution >= 0.6 is 0 Å². The van der Waals surface area contributed by atoms with Gasteiger partial charge in [0, 0.05) is 11.8 Å². The van der Waals surface area contributed by atoms with Crippen molar-refractivity contribution in [3.63, 3.8) is 0 Å². The fourth-order valence-electron chi connectivity index (χ4n) is 0.661. The average molecular weight is 157 g/mol. The molecule has 0 saturated carbocycles. The molecular formula is C7H13N2O2+. The van der Waals surface area contributed by atoms with Gasteiger partial charge in [-0.2, -0.15) is 0 Å². The van der Waals surface area contributed by atoms with E-state index in [2.05, 4.69) is 0 Å². The van der Waals surface area contributed by atoms with Gasteiger partial charge < -0.3 is 15.8 Å². The number of quaternary nitrogens is 1. The molecule has 11 heavy (non-hydrogen) atoms. The maximum Gasteiger partial charge on any atom is 0.390 e. The summed E-state index contributed by atoms with van der Waals surface area (Å²) >= 11 is 0. The Labute approximate surface area is 65.4 Å². The van der Waals surface area contributed by atoms with Gasteiger partial charge in [0.2, 0.25) is 5.70 Å². The van der Waals surface area contributed by atoms with Gasteiger partial charge in [0.15, 0.2) is 0 Å². The van der Waals surface area contributed by atoms with Gasteiger partial charge in [0.1, 0.15) is 0 Å². The highest BCUT2D eigenvalue weighted by Crippen LogP contribution is 1.82. The Morgan fingerprint density at radius 1 is 1.73 bits per heavy atom. The minimum absolute atomic E-state index is 0.194. The Morgan fingerprint density at radius 2 is 2.27 bits per heavy atom. The lowest BCUT2D eigenvalue weighted by Gasteiger charge is -1.96. The molecule has 0 saturated heterocycles. The molecule has 0 heterocycles. The van der Waals surface area contributed by atoms with Crippen LogP contribution in [0.3, 0.4) is 0 Å². The molecule has 0 unspecified atom stereocenters. The summed E-state index contributed by atoms with van der Waals surface area (Å²) in [5, 5.41) is 17.2. The molecule has 0 amide bonds. The van der Waals surface area contributed by atoms with Crippen molar-refractivity contribution in [1.29, 1.82) is 5.41 Å². The van der Waals surface area contributed by atoms with Crippen molar-refractivity contribution in [1.82, 2.24) is 0 Å². The molecule has 0 spiro atoms. The minimum atomic E-state index is -0.974. The van der Waals surface area contributed by atoms with Crippen LogP contribution in [0.4, 0.5) is 0 Å².